The topological polar surface area (TPSA) is 90.0 Å². The average molecular weight is 401 g/mol. The van der Waals surface area contributed by atoms with Gasteiger partial charge in [-0.15, -0.1) is 0 Å². The Bertz CT molecular complexity index is 834. The number of hydrogen-bond donors (Lipinski definition) is 0. The maximum absolute atomic E-state index is 14.7. The van der Waals surface area contributed by atoms with E-state index in [1.54, 1.807) is 12.1 Å². The molecule has 3 heterocycles. The summed E-state index contributed by atoms with van der Waals surface area (Å²) in [5.74, 6) is 0.0226. The molecule has 0 saturated carbocycles. The second kappa shape index (κ2) is 6.58. The number of halogens is 1. The van der Waals surface area contributed by atoms with Crippen LogP contribution in [0.1, 0.15) is 12.8 Å². The Labute approximate surface area is 155 Å². The average Bonchev–Trinajstić information content (AvgIpc) is 3.27. The van der Waals surface area contributed by atoms with Gasteiger partial charge in [-0.05, 0) is 31.0 Å². The number of carbonyl (C=O) groups excluding carboxylic acids is 1. The predicted molar refractivity (Wildman–Crippen MR) is 95.2 cm³/mol. The zero-order chi connectivity index (χ0) is 18.5. The highest BCUT2D eigenvalue weighted by Gasteiger charge is 2.40. The van der Waals surface area contributed by atoms with Gasteiger partial charge in [-0.2, -0.15) is 11.8 Å². The van der Waals surface area contributed by atoms with E-state index in [1.165, 1.54) is 11.0 Å². The van der Waals surface area contributed by atoms with Crippen LogP contribution in [0.15, 0.2) is 18.2 Å². The molecule has 3 atom stereocenters. The van der Waals surface area contributed by atoms with Gasteiger partial charge in [0.1, 0.15) is 11.9 Å². The number of cyclic esters (lactones) is 1. The van der Waals surface area contributed by atoms with Crippen LogP contribution in [-0.4, -0.2) is 61.1 Å². The molecule has 0 N–H and O–H groups in total. The van der Waals surface area contributed by atoms with Crippen molar-refractivity contribution < 1.29 is 26.9 Å². The lowest BCUT2D eigenvalue weighted by atomic mass is 10.2. The van der Waals surface area contributed by atoms with Gasteiger partial charge in [-0.1, -0.05) is 0 Å². The van der Waals surface area contributed by atoms with Crippen LogP contribution in [0.4, 0.5) is 20.6 Å². The van der Waals surface area contributed by atoms with Crippen molar-refractivity contribution in [1.29, 1.82) is 0 Å². The molecule has 10 heteroatoms. The zero-order valence-corrected chi connectivity index (χ0v) is 15.5. The Morgan fingerprint density at radius 2 is 2.15 bits per heavy atom. The summed E-state index contributed by atoms with van der Waals surface area (Å²) < 4.78 is 51.9. The molecule has 4 rings (SSSR count). The number of ether oxygens (including phenoxy) is 1. The number of fused-ring (bicyclic) bond motifs is 2. The summed E-state index contributed by atoms with van der Waals surface area (Å²) in [6.07, 6.45) is -0.347. The molecule has 0 aliphatic carbocycles. The molecular weight excluding hydrogens is 383 g/mol. The molecule has 1 aromatic carbocycles. The van der Waals surface area contributed by atoms with E-state index in [-0.39, 0.29) is 13.0 Å². The molecule has 0 spiro atoms. The van der Waals surface area contributed by atoms with Crippen LogP contribution < -0.4 is 9.80 Å². The van der Waals surface area contributed by atoms with Crippen molar-refractivity contribution in [1.82, 2.24) is 0 Å². The Morgan fingerprint density at radius 3 is 2.77 bits per heavy atom. The number of anilines is 2. The van der Waals surface area contributed by atoms with Crippen molar-refractivity contribution in [2.45, 2.75) is 30.2 Å². The summed E-state index contributed by atoms with van der Waals surface area (Å²) in [7, 11) is -4.36. The fourth-order valence-electron chi connectivity index (χ4n) is 3.75. The number of amides is 1. The van der Waals surface area contributed by atoms with Gasteiger partial charge < -0.3 is 14.2 Å². The van der Waals surface area contributed by atoms with Crippen LogP contribution in [0.5, 0.6) is 0 Å². The SMILES string of the molecule is O=C1O[C@H](CCS(=O)(=O)[O-])CN1c1ccc(N2C[C@@H]3C[C@H]2CS3)c(F)c1. The third-order valence-corrected chi connectivity index (χ3v) is 7.14. The van der Waals surface area contributed by atoms with E-state index in [0.29, 0.717) is 22.7 Å². The number of hydrogen-bond acceptors (Lipinski definition) is 7. The van der Waals surface area contributed by atoms with Gasteiger partial charge in [0.05, 0.1) is 28.0 Å². The smallest absolute Gasteiger partial charge is 0.414 e. The number of benzene rings is 1. The molecule has 142 valence electrons. The van der Waals surface area contributed by atoms with Crippen LogP contribution in [0.25, 0.3) is 0 Å². The molecule has 3 saturated heterocycles. The Balaban J connectivity index is 1.46. The molecule has 0 aromatic heterocycles. The standard InChI is InChI=1S/C16H19FN2O5S2/c17-14-6-10(1-2-15(14)18-8-13-5-11(18)9-25-13)19-7-12(24-16(19)20)3-4-26(21,22)23/h1-2,6,11-13H,3-5,7-9H2,(H,21,22,23)/p-1/t11-,12+,13-/m0/s1. The van der Waals surface area contributed by atoms with E-state index in [2.05, 4.69) is 4.90 Å². The lowest BCUT2D eigenvalue weighted by Crippen LogP contribution is -2.34. The van der Waals surface area contributed by atoms with Crippen LogP contribution in [0.3, 0.4) is 0 Å². The minimum atomic E-state index is -4.36. The highest BCUT2D eigenvalue weighted by Crippen LogP contribution is 2.41. The second-order valence-corrected chi connectivity index (χ2v) is 9.66. The van der Waals surface area contributed by atoms with E-state index >= 15 is 0 Å². The molecule has 3 aliphatic rings. The summed E-state index contributed by atoms with van der Waals surface area (Å²) in [6, 6.07) is 5.02. The van der Waals surface area contributed by atoms with E-state index in [1.807, 2.05) is 11.8 Å². The summed E-state index contributed by atoms with van der Waals surface area (Å²) >= 11 is 1.93. The lowest BCUT2D eigenvalue weighted by molar-refractivity contribution is 0.139. The summed E-state index contributed by atoms with van der Waals surface area (Å²) in [6.45, 7) is 0.932. The summed E-state index contributed by atoms with van der Waals surface area (Å²) in [5.41, 5.74) is 0.908. The number of nitrogens with zero attached hydrogens (tertiary/aromatic N) is 2. The third-order valence-electron chi connectivity index (χ3n) is 5.02. The van der Waals surface area contributed by atoms with Crippen molar-refractivity contribution in [2.24, 2.45) is 0 Å². The van der Waals surface area contributed by atoms with Crippen molar-refractivity contribution in [2.75, 3.05) is 34.4 Å². The zero-order valence-electron chi connectivity index (χ0n) is 13.8. The van der Waals surface area contributed by atoms with Gasteiger partial charge in [0.2, 0.25) is 0 Å². The van der Waals surface area contributed by atoms with Crippen LogP contribution in [0.2, 0.25) is 0 Å². The molecule has 1 aromatic rings. The monoisotopic (exact) mass is 401 g/mol. The van der Waals surface area contributed by atoms with Gasteiger partial charge in [-0.3, -0.25) is 4.90 Å². The maximum Gasteiger partial charge on any atom is 0.414 e. The van der Waals surface area contributed by atoms with Crippen LogP contribution >= 0.6 is 11.8 Å². The van der Waals surface area contributed by atoms with Crippen molar-refractivity contribution >= 4 is 39.3 Å². The van der Waals surface area contributed by atoms with Crippen LogP contribution in [-0.2, 0) is 14.9 Å². The lowest BCUT2D eigenvalue weighted by Gasteiger charge is -2.29. The first-order valence-electron chi connectivity index (χ1n) is 8.39. The molecular formula is C16H18FN2O5S2-. The predicted octanol–water partition coefficient (Wildman–Crippen LogP) is 1.78. The Morgan fingerprint density at radius 1 is 1.35 bits per heavy atom. The quantitative estimate of drug-likeness (QED) is 0.695. The summed E-state index contributed by atoms with van der Waals surface area (Å²) in [5, 5.41) is 0.561. The van der Waals surface area contributed by atoms with E-state index in [4.69, 9.17) is 4.74 Å². The first-order valence-corrected chi connectivity index (χ1v) is 11.0. The number of rotatable bonds is 5. The summed E-state index contributed by atoms with van der Waals surface area (Å²) in [4.78, 5) is 15.4. The maximum atomic E-state index is 14.7. The molecule has 2 bridgehead atoms. The van der Waals surface area contributed by atoms with Gasteiger partial charge in [-0.25, -0.2) is 17.6 Å². The van der Waals surface area contributed by atoms with E-state index in [9.17, 15) is 22.2 Å². The van der Waals surface area contributed by atoms with Crippen molar-refractivity contribution in [3.63, 3.8) is 0 Å². The fraction of sp³-hybridized carbons (Fsp3) is 0.562. The molecule has 0 unspecified atom stereocenters. The molecule has 1 amide bonds. The van der Waals surface area contributed by atoms with Crippen LogP contribution in [0, 0.1) is 5.82 Å². The van der Waals surface area contributed by atoms with Crippen molar-refractivity contribution in [3.8, 4) is 0 Å². The molecule has 7 nitrogen and oxygen atoms in total. The number of carbonyl (C=O) groups is 1. The van der Waals surface area contributed by atoms with E-state index < -0.39 is 33.9 Å². The normalized spacial score (nSPS) is 28.1. The van der Waals surface area contributed by atoms with Gasteiger partial charge in [0.15, 0.2) is 0 Å². The van der Waals surface area contributed by atoms with Gasteiger partial charge >= 0.3 is 6.09 Å². The van der Waals surface area contributed by atoms with E-state index in [0.717, 1.165) is 18.7 Å². The molecule has 3 fully saturated rings. The highest BCUT2D eigenvalue weighted by molar-refractivity contribution is 8.00. The van der Waals surface area contributed by atoms with Gasteiger partial charge in [0.25, 0.3) is 0 Å². The number of thioether (sulfide) groups is 1. The van der Waals surface area contributed by atoms with Gasteiger partial charge in [0, 0.05) is 29.3 Å². The Hall–Kier alpha value is -1.52. The minimum Gasteiger partial charge on any atom is -0.748 e. The molecule has 0 radical (unpaired) electrons. The molecule has 26 heavy (non-hydrogen) atoms. The molecule has 3 aliphatic heterocycles. The third kappa shape index (κ3) is 3.49. The fourth-order valence-corrected chi connectivity index (χ4v) is 5.74. The van der Waals surface area contributed by atoms with Crippen molar-refractivity contribution in [3.05, 3.63) is 24.0 Å². The Kier molecular flexibility index (Phi) is 4.52. The minimum absolute atomic E-state index is 0.0663. The largest absolute Gasteiger partial charge is 0.748 e. The highest BCUT2D eigenvalue weighted by atomic mass is 32.2. The second-order valence-electron chi connectivity index (χ2n) is 6.80. The first-order chi connectivity index (χ1) is 12.3. The first kappa shape index (κ1) is 17.9.